The van der Waals surface area contributed by atoms with Gasteiger partial charge in [-0.05, 0) is 55.8 Å². The van der Waals surface area contributed by atoms with Crippen LogP contribution in [0.1, 0.15) is 19.4 Å². The fourth-order valence-corrected chi connectivity index (χ4v) is 4.15. The van der Waals surface area contributed by atoms with Crippen LogP contribution in [-0.2, 0) is 4.79 Å². The Morgan fingerprint density at radius 2 is 1.85 bits per heavy atom. The number of allylic oxidation sites excluding steroid dienone is 1. The fourth-order valence-electron chi connectivity index (χ4n) is 4.15. The molecule has 1 amide bonds. The highest BCUT2D eigenvalue weighted by Gasteiger charge is 2.30. The molecule has 4 aromatic rings. The lowest BCUT2D eigenvalue weighted by molar-refractivity contribution is -0.125. The van der Waals surface area contributed by atoms with Gasteiger partial charge in [0.25, 0.3) is 0 Å². The summed E-state index contributed by atoms with van der Waals surface area (Å²) < 4.78 is 7.79. The molecule has 1 aliphatic heterocycles. The number of nitrogen functional groups attached to an aromatic ring is 1. The number of carbonyl (C=O) groups is 1. The van der Waals surface area contributed by atoms with Crippen molar-refractivity contribution in [1.29, 1.82) is 0 Å². The molecule has 1 atom stereocenters. The lowest BCUT2D eigenvalue weighted by atomic mass is 10.1. The number of nitrogens with two attached hydrogens (primary N) is 1. The van der Waals surface area contributed by atoms with Gasteiger partial charge in [0.2, 0.25) is 5.91 Å². The van der Waals surface area contributed by atoms with Gasteiger partial charge in [0.05, 0.1) is 11.4 Å². The molecule has 8 heteroatoms. The number of benzene rings is 2. The number of aromatic nitrogens is 4. The Labute approximate surface area is 191 Å². The number of anilines is 1. The van der Waals surface area contributed by atoms with Crippen molar-refractivity contribution in [3.8, 4) is 22.8 Å². The minimum absolute atomic E-state index is 0.0137. The van der Waals surface area contributed by atoms with Gasteiger partial charge in [0, 0.05) is 18.7 Å². The van der Waals surface area contributed by atoms with Gasteiger partial charge in [0.15, 0.2) is 5.65 Å². The van der Waals surface area contributed by atoms with E-state index in [9.17, 15) is 4.79 Å². The van der Waals surface area contributed by atoms with Crippen LogP contribution in [0, 0.1) is 0 Å². The second-order valence-corrected chi connectivity index (χ2v) is 7.92. The molecule has 0 aliphatic carbocycles. The number of hydrogen-bond acceptors (Lipinski definition) is 6. The Morgan fingerprint density at radius 1 is 1.09 bits per heavy atom. The van der Waals surface area contributed by atoms with Crippen LogP contribution in [-0.4, -0.2) is 43.6 Å². The minimum Gasteiger partial charge on any atom is -0.457 e. The monoisotopic (exact) mass is 440 g/mol. The van der Waals surface area contributed by atoms with Gasteiger partial charge in [-0.25, -0.2) is 14.6 Å². The lowest BCUT2D eigenvalue weighted by Gasteiger charge is -2.15. The van der Waals surface area contributed by atoms with Crippen molar-refractivity contribution in [1.82, 2.24) is 24.6 Å². The average Bonchev–Trinajstić information content (AvgIpc) is 3.47. The van der Waals surface area contributed by atoms with Crippen molar-refractivity contribution in [2.45, 2.75) is 19.4 Å². The van der Waals surface area contributed by atoms with E-state index in [1.165, 1.54) is 6.33 Å². The van der Waals surface area contributed by atoms with E-state index in [2.05, 4.69) is 9.97 Å². The van der Waals surface area contributed by atoms with E-state index in [0.717, 1.165) is 23.5 Å². The molecule has 166 valence electrons. The molecule has 1 unspecified atom stereocenters. The van der Waals surface area contributed by atoms with Crippen molar-refractivity contribution in [2.24, 2.45) is 0 Å². The first-order valence-electron chi connectivity index (χ1n) is 10.9. The number of hydrogen-bond donors (Lipinski definition) is 1. The first kappa shape index (κ1) is 20.7. The molecule has 3 heterocycles. The minimum atomic E-state index is 0.0137. The van der Waals surface area contributed by atoms with Crippen LogP contribution in [0.25, 0.3) is 22.3 Å². The van der Waals surface area contributed by atoms with E-state index >= 15 is 0 Å². The van der Waals surface area contributed by atoms with Crippen LogP contribution in [0.3, 0.4) is 0 Å². The third-order valence-electron chi connectivity index (χ3n) is 5.75. The zero-order valence-corrected chi connectivity index (χ0v) is 18.3. The Balaban J connectivity index is 1.47. The maximum atomic E-state index is 12.3. The highest BCUT2D eigenvalue weighted by Crippen LogP contribution is 2.35. The molecule has 1 saturated heterocycles. The molecule has 8 nitrogen and oxygen atoms in total. The molecular formula is C25H24N6O2. The van der Waals surface area contributed by atoms with Gasteiger partial charge in [0.1, 0.15) is 29.3 Å². The maximum absolute atomic E-state index is 12.3. The van der Waals surface area contributed by atoms with E-state index in [4.69, 9.17) is 15.6 Å². The standard InChI is InChI=1S/C25H24N6O2/c1-2-6-21(32)30-14-13-18(15-30)31-25-22(24(26)27-16-28-25)23(29-31)17-9-11-20(12-10-17)33-19-7-4-3-5-8-19/h2-12,16,18H,13-15H2,1H3,(H2,26,27,28). The van der Waals surface area contributed by atoms with Gasteiger partial charge in [-0.2, -0.15) is 5.10 Å². The summed E-state index contributed by atoms with van der Waals surface area (Å²) in [5.41, 5.74) is 8.53. The molecule has 1 aliphatic rings. The zero-order chi connectivity index (χ0) is 22.8. The Hall–Kier alpha value is -4.20. The van der Waals surface area contributed by atoms with Crippen molar-refractivity contribution < 1.29 is 9.53 Å². The SMILES string of the molecule is CC=CC(=O)N1CCC(n2nc(-c3ccc(Oc4ccccc4)cc3)c3c(N)ncnc32)C1. The normalized spacial score (nSPS) is 16.0. The number of ether oxygens (including phenoxy) is 1. The Kier molecular flexibility index (Phi) is 5.48. The summed E-state index contributed by atoms with van der Waals surface area (Å²) in [7, 11) is 0. The molecule has 0 spiro atoms. The summed E-state index contributed by atoms with van der Waals surface area (Å²) in [5.74, 6) is 1.90. The average molecular weight is 441 g/mol. The third-order valence-corrected chi connectivity index (χ3v) is 5.75. The highest BCUT2D eigenvalue weighted by molar-refractivity contribution is 5.98. The van der Waals surface area contributed by atoms with E-state index in [1.54, 1.807) is 12.2 Å². The number of rotatable bonds is 5. The second kappa shape index (κ2) is 8.74. The number of amides is 1. The highest BCUT2D eigenvalue weighted by atomic mass is 16.5. The number of fused-ring (bicyclic) bond motifs is 1. The van der Waals surface area contributed by atoms with E-state index in [-0.39, 0.29) is 11.9 Å². The number of para-hydroxylation sites is 1. The molecular weight excluding hydrogens is 416 g/mol. The lowest BCUT2D eigenvalue weighted by Crippen LogP contribution is -2.27. The molecule has 2 aromatic heterocycles. The molecule has 0 radical (unpaired) electrons. The van der Waals surface area contributed by atoms with E-state index < -0.39 is 0 Å². The van der Waals surface area contributed by atoms with Crippen LogP contribution in [0.4, 0.5) is 5.82 Å². The van der Waals surface area contributed by atoms with E-state index in [1.807, 2.05) is 71.1 Å². The summed E-state index contributed by atoms with van der Waals surface area (Å²) >= 11 is 0. The van der Waals surface area contributed by atoms with Crippen LogP contribution in [0.2, 0.25) is 0 Å². The molecule has 2 N–H and O–H groups in total. The molecule has 0 saturated carbocycles. The van der Waals surface area contributed by atoms with Gasteiger partial charge < -0.3 is 15.4 Å². The molecule has 5 rings (SSSR count). The van der Waals surface area contributed by atoms with Gasteiger partial charge in [-0.15, -0.1) is 0 Å². The maximum Gasteiger partial charge on any atom is 0.246 e. The molecule has 1 fully saturated rings. The predicted octanol–water partition coefficient (Wildman–Crippen LogP) is 4.22. The van der Waals surface area contributed by atoms with Crippen molar-refractivity contribution in [2.75, 3.05) is 18.8 Å². The van der Waals surface area contributed by atoms with Crippen molar-refractivity contribution in [3.63, 3.8) is 0 Å². The Bertz CT molecular complexity index is 1310. The van der Waals surface area contributed by atoms with Gasteiger partial charge >= 0.3 is 0 Å². The zero-order valence-electron chi connectivity index (χ0n) is 18.3. The largest absolute Gasteiger partial charge is 0.457 e. The van der Waals surface area contributed by atoms with Crippen LogP contribution in [0.15, 0.2) is 73.1 Å². The first-order chi connectivity index (χ1) is 16.1. The van der Waals surface area contributed by atoms with Gasteiger partial charge in [-0.3, -0.25) is 4.79 Å². The predicted molar refractivity (Wildman–Crippen MR) is 127 cm³/mol. The number of carbonyl (C=O) groups excluding carboxylic acids is 1. The van der Waals surface area contributed by atoms with Crippen LogP contribution >= 0.6 is 0 Å². The first-order valence-corrected chi connectivity index (χ1v) is 10.9. The molecule has 2 aromatic carbocycles. The third kappa shape index (κ3) is 4.03. The smallest absolute Gasteiger partial charge is 0.246 e. The molecule has 0 bridgehead atoms. The van der Waals surface area contributed by atoms with Crippen molar-refractivity contribution in [3.05, 3.63) is 73.1 Å². The number of nitrogens with zero attached hydrogens (tertiary/aromatic N) is 5. The van der Waals surface area contributed by atoms with Gasteiger partial charge in [-0.1, -0.05) is 24.3 Å². The Morgan fingerprint density at radius 3 is 2.61 bits per heavy atom. The van der Waals surface area contributed by atoms with Crippen molar-refractivity contribution >= 4 is 22.8 Å². The summed E-state index contributed by atoms with van der Waals surface area (Å²) in [5, 5.41) is 5.61. The summed E-state index contributed by atoms with van der Waals surface area (Å²) in [6, 6.07) is 17.4. The molecule has 33 heavy (non-hydrogen) atoms. The topological polar surface area (TPSA) is 99.2 Å². The van der Waals surface area contributed by atoms with E-state index in [0.29, 0.717) is 35.6 Å². The summed E-state index contributed by atoms with van der Waals surface area (Å²) in [4.78, 5) is 22.8. The quantitative estimate of drug-likeness (QED) is 0.467. The number of likely N-dealkylation sites (tertiary alicyclic amines) is 1. The van der Waals surface area contributed by atoms with Crippen LogP contribution < -0.4 is 10.5 Å². The summed E-state index contributed by atoms with van der Waals surface area (Å²) in [6.07, 6.45) is 5.60. The fraction of sp³-hybridized carbons (Fsp3) is 0.200. The summed E-state index contributed by atoms with van der Waals surface area (Å²) in [6.45, 7) is 3.10. The second-order valence-electron chi connectivity index (χ2n) is 7.92. The van der Waals surface area contributed by atoms with Crippen LogP contribution in [0.5, 0.6) is 11.5 Å².